The van der Waals surface area contributed by atoms with Crippen LogP contribution in [0.15, 0.2) is 91.4 Å². The predicted octanol–water partition coefficient (Wildman–Crippen LogP) is 8.66. The lowest BCUT2D eigenvalue weighted by atomic mass is 9.75. The van der Waals surface area contributed by atoms with Crippen LogP contribution in [0, 0.1) is 24.6 Å². The molecule has 48 heavy (non-hydrogen) atoms. The molecule has 3 aliphatic rings. The smallest absolute Gasteiger partial charge is 0.229 e. The van der Waals surface area contributed by atoms with Crippen LogP contribution >= 0.6 is 0 Å². The zero-order chi connectivity index (χ0) is 32.6. The minimum Gasteiger partial charge on any atom is -0.382 e. The van der Waals surface area contributed by atoms with Gasteiger partial charge in [0.15, 0.2) is 0 Å². The number of carbonyl (C=O) groups is 1. The van der Waals surface area contributed by atoms with Crippen molar-refractivity contribution >= 4 is 33.9 Å². The summed E-state index contributed by atoms with van der Waals surface area (Å²) < 4.78 is 17.8. The van der Waals surface area contributed by atoms with Gasteiger partial charge < -0.3 is 15.5 Å². The fourth-order valence-electron chi connectivity index (χ4n) is 8.68. The summed E-state index contributed by atoms with van der Waals surface area (Å²) in [6, 6.07) is 24.3. The first-order chi connectivity index (χ1) is 23.5. The molecule has 4 atom stereocenters. The highest BCUT2D eigenvalue weighted by atomic mass is 19.1. The number of fused-ring (bicyclic) bond motifs is 2. The molecule has 3 heterocycles. The first-order valence-corrected chi connectivity index (χ1v) is 17.6. The maximum absolute atomic E-state index is 15.9. The molecule has 0 unspecified atom stereocenters. The third-order valence-electron chi connectivity index (χ3n) is 11.0. The summed E-state index contributed by atoms with van der Waals surface area (Å²) in [5.41, 5.74) is 6.56. The van der Waals surface area contributed by atoms with Crippen LogP contribution in [-0.2, 0) is 11.3 Å². The summed E-state index contributed by atoms with van der Waals surface area (Å²) >= 11 is 0. The van der Waals surface area contributed by atoms with E-state index in [9.17, 15) is 4.79 Å². The van der Waals surface area contributed by atoms with Gasteiger partial charge in [0.05, 0.1) is 35.9 Å². The standard InChI is InChI=1S/C40H43FN6O/c1-26-6-4-10-35(41)38(26)47-37-11-5-7-29(37)23-34(39(47)28-12-14-32(15-13-28)44-31-8-2-3-9-31)40(48)45-33-16-17-36-30(22-33)24-43-46(36)25-27-18-20-42-21-19-27/h4,6,10,12-22,24,29,31,34,37,39,44H,2-3,5,7-9,11,23,25H2,1H3,(H,45,48)/t29-,34+,37-,39+/m1/s1. The second-order valence-corrected chi connectivity index (χ2v) is 14.0. The second kappa shape index (κ2) is 13.1. The van der Waals surface area contributed by atoms with E-state index in [0.717, 1.165) is 64.7 Å². The summed E-state index contributed by atoms with van der Waals surface area (Å²) in [4.78, 5) is 20.9. The summed E-state index contributed by atoms with van der Waals surface area (Å²) in [5, 5.41) is 12.6. The van der Waals surface area contributed by atoms with Crippen LogP contribution in [0.2, 0.25) is 0 Å². The van der Waals surface area contributed by atoms with Crippen molar-refractivity contribution in [2.75, 3.05) is 15.5 Å². The van der Waals surface area contributed by atoms with Gasteiger partial charge in [0.2, 0.25) is 5.91 Å². The van der Waals surface area contributed by atoms with E-state index >= 15 is 4.39 Å². The monoisotopic (exact) mass is 642 g/mol. The van der Waals surface area contributed by atoms with Crippen molar-refractivity contribution in [1.29, 1.82) is 0 Å². The molecule has 0 spiro atoms. The molecule has 3 aromatic carbocycles. The third-order valence-corrected chi connectivity index (χ3v) is 11.0. The average Bonchev–Trinajstić information content (AvgIpc) is 3.87. The number of aryl methyl sites for hydroxylation is 1. The van der Waals surface area contributed by atoms with Gasteiger partial charge in [-0.3, -0.25) is 14.5 Å². The van der Waals surface area contributed by atoms with Crippen molar-refractivity contribution in [3.63, 3.8) is 0 Å². The molecule has 0 radical (unpaired) electrons. The minimum atomic E-state index is -0.359. The van der Waals surface area contributed by atoms with Crippen molar-refractivity contribution in [2.45, 2.75) is 83.0 Å². The number of pyridine rings is 1. The number of benzene rings is 3. The number of amides is 1. The molecule has 3 fully saturated rings. The summed E-state index contributed by atoms with van der Waals surface area (Å²) in [7, 11) is 0. The average molecular weight is 643 g/mol. The Bertz CT molecular complexity index is 1880. The topological polar surface area (TPSA) is 75.1 Å². The molecule has 2 aromatic heterocycles. The molecule has 2 saturated carbocycles. The molecule has 246 valence electrons. The molecule has 8 heteroatoms. The Morgan fingerprint density at radius 1 is 0.917 bits per heavy atom. The Hall–Kier alpha value is -4.72. The Balaban J connectivity index is 1.12. The number of nitrogens with zero attached hydrogens (tertiary/aromatic N) is 4. The van der Waals surface area contributed by atoms with Crippen LogP contribution in [0.4, 0.5) is 21.5 Å². The highest BCUT2D eigenvalue weighted by Crippen LogP contribution is 2.51. The largest absolute Gasteiger partial charge is 0.382 e. The number of piperidine rings is 1. The second-order valence-electron chi connectivity index (χ2n) is 14.0. The molecule has 2 N–H and O–H groups in total. The van der Waals surface area contributed by atoms with Crippen molar-refractivity contribution in [3.05, 3.63) is 114 Å². The minimum absolute atomic E-state index is 0.0268. The quantitative estimate of drug-likeness (QED) is 0.177. The molecular formula is C40H43FN6O. The zero-order valence-electron chi connectivity index (χ0n) is 27.5. The van der Waals surface area contributed by atoms with Gasteiger partial charge >= 0.3 is 0 Å². The fourth-order valence-corrected chi connectivity index (χ4v) is 8.68. The van der Waals surface area contributed by atoms with Crippen LogP contribution in [0.5, 0.6) is 0 Å². The Morgan fingerprint density at radius 2 is 1.71 bits per heavy atom. The Labute approximate surface area is 281 Å². The molecule has 2 aliphatic carbocycles. The summed E-state index contributed by atoms with van der Waals surface area (Å²) in [6.45, 7) is 2.63. The maximum Gasteiger partial charge on any atom is 0.229 e. The number of hydrogen-bond acceptors (Lipinski definition) is 5. The molecule has 0 bridgehead atoms. The lowest BCUT2D eigenvalue weighted by Crippen LogP contribution is -2.52. The van der Waals surface area contributed by atoms with Crippen molar-refractivity contribution in [1.82, 2.24) is 14.8 Å². The van der Waals surface area contributed by atoms with Crippen LogP contribution in [0.1, 0.15) is 74.1 Å². The molecule has 1 aliphatic heterocycles. The Kier molecular flexibility index (Phi) is 8.33. The number of nitrogens with one attached hydrogen (secondary N) is 2. The van der Waals surface area contributed by atoms with Gasteiger partial charge in [0, 0.05) is 41.2 Å². The van der Waals surface area contributed by atoms with E-state index in [2.05, 4.69) is 49.9 Å². The maximum atomic E-state index is 15.9. The zero-order valence-corrected chi connectivity index (χ0v) is 27.5. The van der Waals surface area contributed by atoms with Crippen LogP contribution < -0.4 is 15.5 Å². The van der Waals surface area contributed by atoms with Gasteiger partial charge in [-0.05, 0) is 110 Å². The number of anilines is 3. The van der Waals surface area contributed by atoms with Gasteiger partial charge in [-0.1, -0.05) is 43.5 Å². The van der Waals surface area contributed by atoms with Crippen LogP contribution in [0.3, 0.4) is 0 Å². The summed E-state index contributed by atoms with van der Waals surface area (Å²) in [6.07, 6.45) is 14.3. The van der Waals surface area contributed by atoms with Gasteiger partial charge in [-0.15, -0.1) is 0 Å². The van der Waals surface area contributed by atoms with E-state index in [1.165, 1.54) is 25.7 Å². The molecule has 5 aromatic rings. The van der Waals surface area contributed by atoms with Gasteiger partial charge in [-0.2, -0.15) is 5.10 Å². The fraction of sp³-hybridized carbons (Fsp3) is 0.375. The van der Waals surface area contributed by atoms with E-state index in [0.29, 0.717) is 24.2 Å². The summed E-state index contributed by atoms with van der Waals surface area (Å²) in [5.74, 6) is -0.281. The number of rotatable bonds is 8. The van der Waals surface area contributed by atoms with E-state index in [1.54, 1.807) is 24.5 Å². The van der Waals surface area contributed by atoms with Crippen molar-refractivity contribution in [2.24, 2.45) is 11.8 Å². The molecule has 8 rings (SSSR count). The highest BCUT2D eigenvalue weighted by Gasteiger charge is 2.49. The number of aromatic nitrogens is 3. The lowest BCUT2D eigenvalue weighted by molar-refractivity contribution is -0.122. The third kappa shape index (κ3) is 5.93. The highest BCUT2D eigenvalue weighted by molar-refractivity contribution is 5.96. The normalized spacial score (nSPS) is 22.6. The Morgan fingerprint density at radius 3 is 2.50 bits per heavy atom. The van der Waals surface area contributed by atoms with E-state index < -0.39 is 0 Å². The number of para-hydroxylation sites is 1. The number of hydrogen-bond donors (Lipinski definition) is 2. The number of carbonyl (C=O) groups excluding carboxylic acids is 1. The predicted molar refractivity (Wildman–Crippen MR) is 190 cm³/mol. The first kappa shape index (κ1) is 30.6. The molecular weight excluding hydrogens is 599 g/mol. The van der Waals surface area contributed by atoms with E-state index in [-0.39, 0.29) is 29.7 Å². The molecule has 7 nitrogen and oxygen atoms in total. The van der Waals surface area contributed by atoms with Crippen LogP contribution in [-0.4, -0.2) is 32.8 Å². The van der Waals surface area contributed by atoms with Crippen molar-refractivity contribution < 1.29 is 9.18 Å². The van der Waals surface area contributed by atoms with E-state index in [1.807, 2.05) is 54.2 Å². The SMILES string of the molecule is Cc1cccc(F)c1N1[C@@H]2CCC[C@@H]2C[C@H](C(=O)Nc2ccc3c(cnn3Cc3ccncc3)c2)[C@@H]1c1ccc(NC2CCCC2)cc1. The van der Waals surface area contributed by atoms with Crippen molar-refractivity contribution in [3.8, 4) is 0 Å². The van der Waals surface area contributed by atoms with Gasteiger partial charge in [0.25, 0.3) is 0 Å². The van der Waals surface area contributed by atoms with Crippen LogP contribution in [0.25, 0.3) is 10.9 Å². The molecule has 1 amide bonds. The lowest BCUT2D eigenvalue weighted by Gasteiger charge is -2.50. The van der Waals surface area contributed by atoms with Gasteiger partial charge in [-0.25, -0.2) is 4.39 Å². The number of halogens is 1. The van der Waals surface area contributed by atoms with E-state index in [4.69, 9.17) is 0 Å². The molecule has 1 saturated heterocycles. The first-order valence-electron chi connectivity index (χ1n) is 17.6. The van der Waals surface area contributed by atoms with Gasteiger partial charge in [0.1, 0.15) is 5.82 Å².